The molecule has 1 unspecified atom stereocenters. The van der Waals surface area contributed by atoms with Gasteiger partial charge >= 0.3 is 6.09 Å². The second-order valence-corrected chi connectivity index (χ2v) is 8.54. The lowest BCUT2D eigenvalue weighted by Gasteiger charge is -2.28. The molecule has 1 aliphatic rings. The Kier molecular flexibility index (Phi) is 5.27. The number of carbonyl (C=O) groups is 1. The van der Waals surface area contributed by atoms with Gasteiger partial charge in [0.25, 0.3) is 0 Å². The van der Waals surface area contributed by atoms with Gasteiger partial charge < -0.3 is 4.74 Å². The molecule has 1 aliphatic heterocycles. The van der Waals surface area contributed by atoms with Gasteiger partial charge in [0.15, 0.2) is 0 Å². The number of hydrogen-bond donors (Lipinski definition) is 0. The van der Waals surface area contributed by atoms with Gasteiger partial charge in [0.05, 0.1) is 11.7 Å². The first-order chi connectivity index (χ1) is 12.7. The topological polar surface area (TPSA) is 41.9 Å². The van der Waals surface area contributed by atoms with Crippen molar-refractivity contribution in [3.05, 3.63) is 41.5 Å². The maximum atomic E-state index is 12.6. The molecule has 4 heteroatoms. The largest absolute Gasteiger partial charge is 0.444 e. The molecular formula is C23H30N2O2. The minimum Gasteiger partial charge on any atom is -0.444 e. The highest BCUT2D eigenvalue weighted by Crippen LogP contribution is 2.32. The van der Waals surface area contributed by atoms with E-state index in [1.54, 1.807) is 0 Å². The third-order valence-corrected chi connectivity index (χ3v) is 5.00. The van der Waals surface area contributed by atoms with Crippen LogP contribution in [0, 0.1) is 13.8 Å². The zero-order chi connectivity index (χ0) is 19.8. The zero-order valence-corrected chi connectivity index (χ0v) is 17.3. The smallest absolute Gasteiger partial charge is 0.410 e. The van der Waals surface area contributed by atoms with Crippen LogP contribution in [0.15, 0.2) is 35.3 Å². The summed E-state index contributed by atoms with van der Waals surface area (Å²) < 4.78 is 5.59. The monoisotopic (exact) mass is 366 g/mol. The van der Waals surface area contributed by atoms with E-state index in [0.29, 0.717) is 0 Å². The van der Waals surface area contributed by atoms with Crippen LogP contribution in [-0.4, -0.2) is 34.9 Å². The fourth-order valence-corrected chi connectivity index (χ4v) is 3.68. The van der Waals surface area contributed by atoms with Gasteiger partial charge in [-0.25, -0.2) is 4.79 Å². The van der Waals surface area contributed by atoms with E-state index in [0.717, 1.165) is 41.7 Å². The van der Waals surface area contributed by atoms with Crippen molar-refractivity contribution in [3.63, 3.8) is 0 Å². The number of amides is 1. The second-order valence-electron chi connectivity index (χ2n) is 8.54. The minimum atomic E-state index is -0.487. The van der Waals surface area contributed by atoms with E-state index in [9.17, 15) is 4.79 Å². The minimum absolute atomic E-state index is 0.0000421. The number of fused-ring (bicyclic) bond motifs is 1. The van der Waals surface area contributed by atoms with Gasteiger partial charge in [0.2, 0.25) is 0 Å². The van der Waals surface area contributed by atoms with E-state index >= 15 is 0 Å². The number of rotatable bonds is 2. The molecule has 0 spiro atoms. The normalized spacial score (nSPS) is 18.2. The van der Waals surface area contributed by atoms with Crippen molar-refractivity contribution < 1.29 is 9.53 Å². The van der Waals surface area contributed by atoms with Gasteiger partial charge in [0, 0.05) is 17.6 Å². The van der Waals surface area contributed by atoms with Gasteiger partial charge in [-0.2, -0.15) is 0 Å². The van der Waals surface area contributed by atoms with Gasteiger partial charge in [-0.05, 0) is 65.3 Å². The first-order valence-electron chi connectivity index (χ1n) is 9.70. The van der Waals surface area contributed by atoms with E-state index < -0.39 is 5.60 Å². The number of hydrogen-bond acceptors (Lipinski definition) is 3. The third-order valence-electron chi connectivity index (χ3n) is 5.00. The lowest BCUT2D eigenvalue weighted by molar-refractivity contribution is 0.0265. The Morgan fingerprint density at radius 1 is 1.19 bits per heavy atom. The molecule has 1 fully saturated rings. The predicted molar refractivity (Wildman–Crippen MR) is 112 cm³/mol. The Bertz CT molecular complexity index is 893. The van der Waals surface area contributed by atoms with Crippen LogP contribution < -0.4 is 0 Å². The molecule has 1 heterocycles. The lowest BCUT2D eigenvalue weighted by atomic mass is 10.0. The fraction of sp³-hybridized carbons (Fsp3) is 0.478. The SMILES string of the molecule is CC(=Nc1c(C)ccc2cc(C)ccc12)C1CCCN1C(=O)OC(C)(C)C. The van der Waals surface area contributed by atoms with E-state index in [1.165, 1.54) is 10.9 Å². The van der Waals surface area contributed by atoms with E-state index in [-0.39, 0.29) is 12.1 Å². The summed E-state index contributed by atoms with van der Waals surface area (Å²) in [6, 6.07) is 10.7. The maximum absolute atomic E-state index is 12.6. The molecule has 0 bridgehead atoms. The van der Waals surface area contributed by atoms with Crippen molar-refractivity contribution in [3.8, 4) is 0 Å². The molecule has 0 aromatic heterocycles. The number of aryl methyl sites for hydroxylation is 2. The van der Waals surface area contributed by atoms with Gasteiger partial charge in [-0.15, -0.1) is 0 Å². The molecule has 0 N–H and O–H groups in total. The van der Waals surface area contributed by atoms with Gasteiger partial charge in [-0.3, -0.25) is 9.89 Å². The van der Waals surface area contributed by atoms with Crippen LogP contribution in [0.3, 0.4) is 0 Å². The van der Waals surface area contributed by atoms with Crippen LogP contribution in [0.2, 0.25) is 0 Å². The molecule has 0 aliphatic carbocycles. The van der Waals surface area contributed by atoms with E-state index in [4.69, 9.17) is 9.73 Å². The van der Waals surface area contributed by atoms with Crippen LogP contribution in [0.4, 0.5) is 10.5 Å². The first kappa shape index (κ1) is 19.4. The van der Waals surface area contributed by atoms with Crippen molar-refractivity contribution in [2.75, 3.05) is 6.54 Å². The Morgan fingerprint density at radius 2 is 1.93 bits per heavy atom. The van der Waals surface area contributed by atoms with Crippen molar-refractivity contribution in [1.29, 1.82) is 0 Å². The van der Waals surface area contributed by atoms with Crippen molar-refractivity contribution >= 4 is 28.3 Å². The van der Waals surface area contributed by atoms with Gasteiger partial charge in [-0.1, -0.05) is 35.9 Å². The molecule has 1 saturated heterocycles. The Hall–Kier alpha value is -2.36. The Balaban J connectivity index is 1.94. The standard InChI is InChI=1S/C23H30N2O2/c1-15-9-12-19-18(14-15)11-10-16(2)21(19)24-17(3)20-8-7-13-25(20)22(26)27-23(4,5)6/h9-12,14,20H,7-8,13H2,1-6H3. The van der Waals surface area contributed by atoms with Crippen molar-refractivity contribution in [2.45, 2.75) is 66.0 Å². The van der Waals surface area contributed by atoms with Gasteiger partial charge in [0.1, 0.15) is 5.60 Å². The molecule has 1 amide bonds. The average molecular weight is 367 g/mol. The number of ether oxygens (including phenoxy) is 1. The number of carbonyl (C=O) groups excluding carboxylic acids is 1. The molecule has 4 nitrogen and oxygen atoms in total. The number of nitrogens with zero attached hydrogens (tertiary/aromatic N) is 2. The zero-order valence-electron chi connectivity index (χ0n) is 17.3. The molecular weight excluding hydrogens is 336 g/mol. The molecule has 3 rings (SSSR count). The summed E-state index contributed by atoms with van der Waals surface area (Å²) >= 11 is 0. The van der Waals surface area contributed by atoms with Crippen LogP contribution in [0.5, 0.6) is 0 Å². The quantitative estimate of drug-likeness (QED) is 0.616. The Labute approximate surface area is 162 Å². The number of likely N-dealkylation sites (tertiary alicyclic amines) is 1. The fourth-order valence-electron chi connectivity index (χ4n) is 3.68. The maximum Gasteiger partial charge on any atom is 0.410 e. The van der Waals surface area contributed by atoms with Crippen molar-refractivity contribution in [2.24, 2.45) is 4.99 Å². The summed E-state index contributed by atoms with van der Waals surface area (Å²) in [7, 11) is 0. The summed E-state index contributed by atoms with van der Waals surface area (Å²) in [5, 5.41) is 2.35. The molecule has 2 aromatic carbocycles. The van der Waals surface area contributed by atoms with Crippen LogP contribution in [0.25, 0.3) is 10.8 Å². The summed E-state index contributed by atoms with van der Waals surface area (Å²) in [6.07, 6.45) is 1.66. The van der Waals surface area contributed by atoms with Crippen LogP contribution in [-0.2, 0) is 4.74 Å². The highest BCUT2D eigenvalue weighted by atomic mass is 16.6. The van der Waals surface area contributed by atoms with E-state index in [2.05, 4.69) is 44.2 Å². The summed E-state index contributed by atoms with van der Waals surface area (Å²) in [6.45, 7) is 12.6. The average Bonchev–Trinajstić information content (AvgIpc) is 3.06. The summed E-state index contributed by atoms with van der Waals surface area (Å²) in [5.41, 5.74) is 3.87. The van der Waals surface area contributed by atoms with Crippen LogP contribution >= 0.6 is 0 Å². The third kappa shape index (κ3) is 4.32. The Morgan fingerprint density at radius 3 is 2.63 bits per heavy atom. The first-order valence-corrected chi connectivity index (χ1v) is 9.70. The molecule has 144 valence electrons. The van der Waals surface area contributed by atoms with Crippen LogP contribution in [0.1, 0.15) is 51.7 Å². The predicted octanol–water partition coefficient (Wildman–Crippen LogP) is 5.95. The molecule has 1 atom stereocenters. The molecule has 0 saturated carbocycles. The second kappa shape index (κ2) is 7.34. The highest BCUT2D eigenvalue weighted by molar-refractivity contribution is 5.99. The molecule has 2 aromatic rings. The summed E-state index contributed by atoms with van der Waals surface area (Å²) in [4.78, 5) is 19.4. The number of aliphatic imine (C=N–C) groups is 1. The molecule has 27 heavy (non-hydrogen) atoms. The van der Waals surface area contributed by atoms with Crippen molar-refractivity contribution in [1.82, 2.24) is 4.90 Å². The van der Waals surface area contributed by atoms with E-state index in [1.807, 2.05) is 32.6 Å². The highest BCUT2D eigenvalue weighted by Gasteiger charge is 2.33. The summed E-state index contributed by atoms with van der Waals surface area (Å²) in [5.74, 6) is 0. The lowest BCUT2D eigenvalue weighted by Crippen LogP contribution is -2.42. The molecule has 0 radical (unpaired) electrons. The number of benzene rings is 2.